The number of piperidine rings is 1. The van der Waals surface area contributed by atoms with E-state index in [1.807, 2.05) is 5.01 Å². The van der Waals surface area contributed by atoms with E-state index in [1.54, 1.807) is 29.2 Å². The number of aliphatic imine (C=N–C) groups is 2. The molecule has 41 heavy (non-hydrogen) atoms. The zero-order valence-electron chi connectivity index (χ0n) is 21.8. The number of fused-ring (bicyclic) bond motifs is 1. The molecule has 0 aromatic heterocycles. The van der Waals surface area contributed by atoms with Crippen molar-refractivity contribution in [1.29, 1.82) is 0 Å². The number of hydrogen-bond donors (Lipinski definition) is 2. The maximum absolute atomic E-state index is 14.2. The lowest BCUT2D eigenvalue weighted by molar-refractivity contribution is -0.138. The van der Waals surface area contributed by atoms with Crippen LogP contribution in [-0.4, -0.2) is 64.9 Å². The number of likely N-dealkylation sites (tertiary alicyclic amines) is 1. The van der Waals surface area contributed by atoms with Gasteiger partial charge in [0.1, 0.15) is 24.2 Å². The van der Waals surface area contributed by atoms with E-state index < -0.39 is 41.1 Å². The summed E-state index contributed by atoms with van der Waals surface area (Å²) in [4.78, 5) is 35.1. The van der Waals surface area contributed by atoms with Gasteiger partial charge in [-0.05, 0) is 42.2 Å². The van der Waals surface area contributed by atoms with Crippen molar-refractivity contribution in [1.82, 2.24) is 15.2 Å². The standard InChI is InChI=1S/C28H27F4N7O2/c1-2-21(40)38-12-4-5-18(14-38)39-26-23(25(33)35-15-36-26)24(37-39)17-10-8-16(9-11-17)13-34-27(41)22-19(28(30,31)32)6-3-7-20(22)29/h2-3,6-11,15,18,23,25H,1,4-5,12-14,33H2,(H,34,41). The number of halogens is 4. The lowest BCUT2D eigenvalue weighted by Gasteiger charge is -2.37. The van der Waals surface area contributed by atoms with Crippen LogP contribution in [-0.2, 0) is 17.5 Å². The number of hydrogen-bond acceptors (Lipinski definition) is 7. The van der Waals surface area contributed by atoms with Crippen molar-refractivity contribution < 1.29 is 27.2 Å². The number of hydrazone groups is 1. The molecular formula is C28H27F4N7O2. The molecule has 5 rings (SSSR count). The molecule has 214 valence electrons. The first-order chi connectivity index (χ1) is 19.6. The predicted molar refractivity (Wildman–Crippen MR) is 145 cm³/mol. The molecule has 2 amide bonds. The van der Waals surface area contributed by atoms with Crippen LogP contribution in [0.15, 0.2) is 70.2 Å². The number of alkyl halides is 3. The molecule has 0 bridgehead atoms. The molecule has 3 N–H and O–H groups in total. The minimum Gasteiger partial charge on any atom is -0.348 e. The summed E-state index contributed by atoms with van der Waals surface area (Å²) >= 11 is 0. The van der Waals surface area contributed by atoms with Crippen LogP contribution in [0.1, 0.15) is 39.9 Å². The van der Waals surface area contributed by atoms with E-state index in [2.05, 4.69) is 21.9 Å². The number of amidine groups is 1. The second kappa shape index (κ2) is 11.2. The average molecular weight is 570 g/mol. The fourth-order valence-electron chi connectivity index (χ4n) is 5.25. The Kier molecular flexibility index (Phi) is 7.72. The molecule has 9 nitrogen and oxygen atoms in total. The number of nitrogens with two attached hydrogens (primary N) is 1. The second-order valence-electron chi connectivity index (χ2n) is 9.87. The van der Waals surface area contributed by atoms with Gasteiger partial charge in [0.05, 0.1) is 28.8 Å². The van der Waals surface area contributed by atoms with E-state index in [1.165, 1.54) is 12.4 Å². The van der Waals surface area contributed by atoms with Crippen molar-refractivity contribution in [3.8, 4) is 0 Å². The summed E-state index contributed by atoms with van der Waals surface area (Å²) < 4.78 is 54.1. The molecule has 3 aliphatic heterocycles. The van der Waals surface area contributed by atoms with Gasteiger partial charge in [0.25, 0.3) is 5.91 Å². The van der Waals surface area contributed by atoms with Gasteiger partial charge < -0.3 is 16.0 Å². The maximum Gasteiger partial charge on any atom is 0.417 e. The molecule has 0 spiro atoms. The van der Waals surface area contributed by atoms with Gasteiger partial charge in [0.2, 0.25) is 5.91 Å². The predicted octanol–water partition coefficient (Wildman–Crippen LogP) is 3.31. The van der Waals surface area contributed by atoms with Crippen LogP contribution in [0.3, 0.4) is 0 Å². The summed E-state index contributed by atoms with van der Waals surface area (Å²) in [6.07, 6.45) is -1.21. The fraction of sp³-hybridized carbons (Fsp3) is 0.321. The topological polar surface area (TPSA) is 116 Å². The summed E-state index contributed by atoms with van der Waals surface area (Å²) in [5, 5.41) is 9.04. The van der Waals surface area contributed by atoms with Crippen molar-refractivity contribution in [3.63, 3.8) is 0 Å². The highest BCUT2D eigenvalue weighted by Gasteiger charge is 2.43. The molecular weight excluding hydrogens is 542 g/mol. The number of nitrogens with one attached hydrogen (secondary N) is 1. The molecule has 0 aliphatic carbocycles. The number of nitrogens with zero attached hydrogens (tertiary/aromatic N) is 5. The van der Waals surface area contributed by atoms with Crippen molar-refractivity contribution >= 4 is 29.7 Å². The molecule has 3 atom stereocenters. The van der Waals surface area contributed by atoms with E-state index in [4.69, 9.17) is 10.8 Å². The Bertz CT molecular complexity index is 1450. The fourth-order valence-corrected chi connectivity index (χ4v) is 5.25. The van der Waals surface area contributed by atoms with Crippen LogP contribution >= 0.6 is 0 Å². The molecule has 0 saturated carbocycles. The van der Waals surface area contributed by atoms with Crippen LogP contribution in [0.25, 0.3) is 0 Å². The third kappa shape index (κ3) is 5.62. The number of rotatable bonds is 6. The first-order valence-corrected chi connectivity index (χ1v) is 13.0. The summed E-state index contributed by atoms with van der Waals surface area (Å²) in [6.45, 7) is 4.54. The first kappa shape index (κ1) is 28.1. The van der Waals surface area contributed by atoms with Crippen LogP contribution in [0.2, 0.25) is 0 Å². The third-order valence-electron chi connectivity index (χ3n) is 7.27. The highest BCUT2D eigenvalue weighted by atomic mass is 19.4. The van der Waals surface area contributed by atoms with Gasteiger partial charge in [-0.25, -0.2) is 14.4 Å². The Labute approximate surface area is 233 Å². The number of carbonyl (C=O) groups excluding carboxylic acids is 2. The van der Waals surface area contributed by atoms with E-state index in [9.17, 15) is 27.2 Å². The highest BCUT2D eigenvalue weighted by molar-refractivity contribution is 6.19. The van der Waals surface area contributed by atoms with Crippen LogP contribution < -0.4 is 11.1 Å². The summed E-state index contributed by atoms with van der Waals surface area (Å²) in [5.41, 5.74) is 5.88. The van der Waals surface area contributed by atoms with Gasteiger partial charge >= 0.3 is 6.18 Å². The molecule has 2 aromatic rings. The summed E-state index contributed by atoms with van der Waals surface area (Å²) in [7, 11) is 0. The first-order valence-electron chi connectivity index (χ1n) is 13.0. The maximum atomic E-state index is 14.2. The van der Waals surface area contributed by atoms with Crippen LogP contribution in [0, 0.1) is 11.7 Å². The average Bonchev–Trinajstić information content (AvgIpc) is 3.36. The molecule has 3 aliphatic rings. The van der Waals surface area contributed by atoms with Crippen LogP contribution in [0.4, 0.5) is 17.6 Å². The third-order valence-corrected chi connectivity index (χ3v) is 7.27. The number of benzene rings is 2. The van der Waals surface area contributed by atoms with Crippen molar-refractivity contribution in [2.75, 3.05) is 13.1 Å². The quantitative estimate of drug-likeness (QED) is 0.410. The minimum atomic E-state index is -4.88. The Morgan fingerprint density at radius 1 is 1.17 bits per heavy atom. The van der Waals surface area contributed by atoms with Gasteiger partial charge in [-0.2, -0.15) is 18.3 Å². The molecule has 1 saturated heterocycles. The monoisotopic (exact) mass is 569 g/mol. The van der Waals surface area contributed by atoms with Crippen LogP contribution in [0.5, 0.6) is 0 Å². The Morgan fingerprint density at radius 2 is 1.93 bits per heavy atom. The van der Waals surface area contributed by atoms with Crippen molar-refractivity contribution in [3.05, 3.63) is 83.2 Å². The Morgan fingerprint density at radius 3 is 2.63 bits per heavy atom. The van der Waals surface area contributed by atoms with Crippen molar-refractivity contribution in [2.24, 2.45) is 26.7 Å². The summed E-state index contributed by atoms with van der Waals surface area (Å²) in [6, 6.07) is 9.16. The minimum absolute atomic E-state index is 0.112. The lowest BCUT2D eigenvalue weighted by Crippen LogP contribution is -2.51. The molecule has 2 aromatic carbocycles. The van der Waals surface area contributed by atoms with Gasteiger partial charge in [-0.3, -0.25) is 14.6 Å². The lowest BCUT2D eigenvalue weighted by atomic mass is 9.92. The van der Waals surface area contributed by atoms with Gasteiger partial charge in [-0.15, -0.1) is 0 Å². The molecule has 1 fully saturated rings. The largest absolute Gasteiger partial charge is 0.417 e. The van der Waals surface area contributed by atoms with Gasteiger partial charge in [-0.1, -0.05) is 36.9 Å². The Balaban J connectivity index is 1.34. The van der Waals surface area contributed by atoms with Gasteiger partial charge in [0, 0.05) is 19.6 Å². The van der Waals surface area contributed by atoms with E-state index >= 15 is 0 Å². The summed E-state index contributed by atoms with van der Waals surface area (Å²) in [5.74, 6) is -2.35. The van der Waals surface area contributed by atoms with Gasteiger partial charge in [0.15, 0.2) is 0 Å². The zero-order valence-corrected chi connectivity index (χ0v) is 21.8. The van der Waals surface area contributed by atoms with E-state index in [0.29, 0.717) is 36.3 Å². The smallest absolute Gasteiger partial charge is 0.348 e. The molecule has 3 heterocycles. The zero-order chi connectivity index (χ0) is 29.3. The molecule has 13 heteroatoms. The second-order valence-corrected chi connectivity index (χ2v) is 9.87. The SMILES string of the molecule is C=CC(=O)N1CCCC(N2N=C(c3ccc(CNC(=O)c4c(F)cccc4C(F)(F)F)cc3)C3C2=NC=NC3N)C1. The number of amides is 2. The molecule has 0 radical (unpaired) electrons. The van der Waals surface area contributed by atoms with Crippen molar-refractivity contribution in [2.45, 2.75) is 37.8 Å². The highest BCUT2D eigenvalue weighted by Crippen LogP contribution is 2.33. The normalized spacial score (nSPS) is 22.1. The van der Waals surface area contributed by atoms with E-state index in [0.717, 1.165) is 30.5 Å². The number of carbonyl (C=O) groups is 2. The Hall–Kier alpha value is -4.39. The van der Waals surface area contributed by atoms with E-state index in [-0.39, 0.29) is 18.5 Å². The molecule has 3 unspecified atom stereocenters.